The summed E-state index contributed by atoms with van der Waals surface area (Å²) in [5.74, 6) is -0.0680. The molecule has 17 heavy (non-hydrogen) atoms. The molecule has 0 radical (unpaired) electrons. The van der Waals surface area contributed by atoms with Gasteiger partial charge < -0.3 is 9.47 Å². The Bertz CT molecular complexity index is 526. The number of thiazole rings is 1. The van der Waals surface area contributed by atoms with Crippen LogP contribution in [0.25, 0.3) is 10.6 Å². The highest BCUT2D eigenvalue weighted by molar-refractivity contribution is 7.13. The number of esters is 1. The summed E-state index contributed by atoms with van der Waals surface area (Å²) < 4.78 is 9.72. The van der Waals surface area contributed by atoms with Gasteiger partial charge in [0.15, 0.2) is 0 Å². The first-order chi connectivity index (χ1) is 8.26. The molecule has 0 fully saturated rings. The highest BCUT2D eigenvalue weighted by Crippen LogP contribution is 2.27. The molecule has 88 valence electrons. The molecule has 0 bridgehead atoms. The summed E-state index contributed by atoms with van der Waals surface area (Å²) in [7, 11) is 2.83. The van der Waals surface area contributed by atoms with Crippen LogP contribution in [-0.4, -0.2) is 30.2 Å². The van der Waals surface area contributed by atoms with E-state index in [1.165, 1.54) is 25.6 Å². The first-order valence-electron chi connectivity index (χ1n) is 4.78. The van der Waals surface area contributed by atoms with Crippen LogP contribution in [0.4, 0.5) is 0 Å². The first-order valence-corrected chi connectivity index (χ1v) is 5.66. The third-order valence-corrected chi connectivity index (χ3v) is 2.96. The van der Waals surface area contributed by atoms with Crippen LogP contribution in [-0.2, 0) is 4.74 Å². The van der Waals surface area contributed by atoms with E-state index in [4.69, 9.17) is 9.47 Å². The van der Waals surface area contributed by atoms with Crippen LogP contribution in [0.3, 0.4) is 0 Å². The monoisotopic (exact) mass is 250 g/mol. The molecular formula is C11H10N2O3S. The van der Waals surface area contributed by atoms with Gasteiger partial charge in [-0.25, -0.2) is 14.8 Å². The summed E-state index contributed by atoms with van der Waals surface area (Å²) in [4.78, 5) is 19.9. The summed E-state index contributed by atoms with van der Waals surface area (Å²) in [5, 5.41) is 2.56. The number of methoxy groups -OCH3 is 2. The molecule has 0 aliphatic heterocycles. The number of carbonyl (C=O) groups is 1. The van der Waals surface area contributed by atoms with Gasteiger partial charge in [0.25, 0.3) is 0 Å². The molecule has 0 unspecified atom stereocenters. The molecule has 0 aliphatic carbocycles. The van der Waals surface area contributed by atoms with E-state index in [0.29, 0.717) is 17.0 Å². The Morgan fingerprint density at radius 2 is 2.18 bits per heavy atom. The zero-order valence-electron chi connectivity index (χ0n) is 9.34. The molecule has 0 amide bonds. The Labute approximate surface area is 102 Å². The molecule has 2 aromatic rings. The summed E-state index contributed by atoms with van der Waals surface area (Å²) in [6.07, 6.45) is 3.23. The van der Waals surface area contributed by atoms with Crippen molar-refractivity contribution < 1.29 is 14.3 Å². The molecule has 2 heterocycles. The van der Waals surface area contributed by atoms with Crippen LogP contribution in [0, 0.1) is 0 Å². The average molecular weight is 250 g/mol. The van der Waals surface area contributed by atoms with E-state index in [1.54, 1.807) is 18.5 Å². The lowest BCUT2D eigenvalue weighted by Gasteiger charge is -2.06. The van der Waals surface area contributed by atoms with Crippen molar-refractivity contribution in [2.24, 2.45) is 0 Å². The molecule has 0 spiro atoms. The molecule has 6 heteroatoms. The molecule has 0 aromatic carbocycles. The average Bonchev–Trinajstić information content (AvgIpc) is 2.90. The van der Waals surface area contributed by atoms with Crippen LogP contribution < -0.4 is 4.74 Å². The highest BCUT2D eigenvalue weighted by atomic mass is 32.1. The van der Waals surface area contributed by atoms with Crippen molar-refractivity contribution in [3.05, 3.63) is 29.4 Å². The zero-order valence-corrected chi connectivity index (χ0v) is 10.2. The molecule has 0 aliphatic rings. The summed E-state index contributed by atoms with van der Waals surface area (Å²) in [6.45, 7) is 0. The Hall–Kier alpha value is -1.95. The van der Waals surface area contributed by atoms with Gasteiger partial charge in [-0.3, -0.25) is 0 Å². The molecule has 2 rings (SSSR count). The molecule has 5 nitrogen and oxygen atoms in total. The zero-order chi connectivity index (χ0) is 12.3. The van der Waals surface area contributed by atoms with Crippen molar-refractivity contribution in [2.45, 2.75) is 0 Å². The number of rotatable bonds is 3. The summed E-state index contributed by atoms with van der Waals surface area (Å²) in [6, 6.07) is 1.54. The standard InChI is InChI=1S/C11H10N2O3S/c1-15-9-5-7(11(14)16-2)8(6-13-9)10-12-3-4-17-10/h3-6H,1-2H3. The maximum atomic E-state index is 11.7. The predicted molar refractivity (Wildman–Crippen MR) is 63.2 cm³/mol. The van der Waals surface area contributed by atoms with Gasteiger partial charge >= 0.3 is 5.97 Å². The minimum absolute atomic E-state index is 0.366. The summed E-state index contributed by atoms with van der Waals surface area (Å²) in [5.41, 5.74) is 1.04. The van der Waals surface area contributed by atoms with Gasteiger partial charge in [-0.1, -0.05) is 0 Å². The predicted octanol–water partition coefficient (Wildman–Crippen LogP) is 2.00. The van der Waals surface area contributed by atoms with E-state index in [1.807, 2.05) is 5.38 Å². The van der Waals surface area contributed by atoms with Gasteiger partial charge in [-0.15, -0.1) is 11.3 Å². The number of carbonyl (C=O) groups excluding carboxylic acids is 1. The van der Waals surface area contributed by atoms with Gasteiger partial charge in [-0.2, -0.15) is 0 Å². The molecule has 0 N–H and O–H groups in total. The fourth-order valence-corrected chi connectivity index (χ4v) is 2.02. The van der Waals surface area contributed by atoms with Crippen LogP contribution in [0.5, 0.6) is 5.88 Å². The largest absolute Gasteiger partial charge is 0.481 e. The van der Waals surface area contributed by atoms with Crippen LogP contribution in [0.15, 0.2) is 23.8 Å². The number of ether oxygens (including phenoxy) is 2. The molecular weight excluding hydrogens is 240 g/mol. The van der Waals surface area contributed by atoms with E-state index in [2.05, 4.69) is 9.97 Å². The topological polar surface area (TPSA) is 61.3 Å². The second-order valence-corrected chi connectivity index (χ2v) is 4.00. The van der Waals surface area contributed by atoms with Gasteiger partial charge in [-0.05, 0) is 0 Å². The molecule has 0 saturated carbocycles. The van der Waals surface area contributed by atoms with E-state index >= 15 is 0 Å². The molecule has 2 aromatic heterocycles. The Morgan fingerprint density at radius 3 is 2.76 bits per heavy atom. The van der Waals surface area contributed by atoms with Gasteiger partial charge in [0.2, 0.25) is 5.88 Å². The third-order valence-electron chi connectivity index (χ3n) is 2.16. The number of hydrogen-bond acceptors (Lipinski definition) is 6. The van der Waals surface area contributed by atoms with E-state index in [0.717, 1.165) is 5.01 Å². The van der Waals surface area contributed by atoms with Crippen molar-refractivity contribution in [3.63, 3.8) is 0 Å². The second-order valence-electron chi connectivity index (χ2n) is 3.10. The van der Waals surface area contributed by atoms with E-state index in [-0.39, 0.29) is 0 Å². The van der Waals surface area contributed by atoms with Crippen LogP contribution in [0.1, 0.15) is 10.4 Å². The van der Waals surface area contributed by atoms with Crippen molar-refractivity contribution in [1.29, 1.82) is 0 Å². The lowest BCUT2D eigenvalue weighted by atomic mass is 10.1. The Morgan fingerprint density at radius 1 is 1.35 bits per heavy atom. The highest BCUT2D eigenvalue weighted by Gasteiger charge is 2.16. The smallest absolute Gasteiger partial charge is 0.338 e. The minimum Gasteiger partial charge on any atom is -0.481 e. The first kappa shape index (κ1) is 11.5. The molecule has 0 atom stereocenters. The van der Waals surface area contributed by atoms with Gasteiger partial charge in [0.1, 0.15) is 5.01 Å². The molecule has 0 saturated heterocycles. The number of aromatic nitrogens is 2. The number of pyridine rings is 1. The number of nitrogens with zero attached hydrogens (tertiary/aromatic N) is 2. The van der Waals surface area contributed by atoms with Gasteiger partial charge in [0, 0.05) is 29.4 Å². The fraction of sp³-hybridized carbons (Fsp3) is 0.182. The van der Waals surface area contributed by atoms with Crippen molar-refractivity contribution in [2.75, 3.05) is 14.2 Å². The fourth-order valence-electron chi connectivity index (χ4n) is 1.35. The van der Waals surface area contributed by atoms with Crippen molar-refractivity contribution in [1.82, 2.24) is 9.97 Å². The normalized spacial score (nSPS) is 10.0. The summed E-state index contributed by atoms with van der Waals surface area (Å²) >= 11 is 1.43. The maximum Gasteiger partial charge on any atom is 0.338 e. The number of hydrogen-bond donors (Lipinski definition) is 0. The Balaban J connectivity index is 2.55. The van der Waals surface area contributed by atoms with Gasteiger partial charge in [0.05, 0.1) is 19.8 Å². The maximum absolute atomic E-state index is 11.7. The third kappa shape index (κ3) is 2.26. The SMILES string of the molecule is COC(=O)c1cc(OC)ncc1-c1nccs1. The van der Waals surface area contributed by atoms with Crippen molar-refractivity contribution >= 4 is 17.3 Å². The Kier molecular flexibility index (Phi) is 3.34. The second kappa shape index (κ2) is 4.92. The lowest BCUT2D eigenvalue weighted by Crippen LogP contribution is -2.05. The van der Waals surface area contributed by atoms with E-state index < -0.39 is 5.97 Å². The lowest BCUT2D eigenvalue weighted by molar-refractivity contribution is 0.0601. The van der Waals surface area contributed by atoms with Crippen LogP contribution in [0.2, 0.25) is 0 Å². The van der Waals surface area contributed by atoms with Crippen molar-refractivity contribution in [3.8, 4) is 16.5 Å². The van der Waals surface area contributed by atoms with Crippen LogP contribution >= 0.6 is 11.3 Å². The minimum atomic E-state index is -0.434. The van der Waals surface area contributed by atoms with E-state index in [9.17, 15) is 4.79 Å². The quantitative estimate of drug-likeness (QED) is 0.780.